The van der Waals surface area contributed by atoms with Gasteiger partial charge in [-0.3, -0.25) is 0 Å². The summed E-state index contributed by atoms with van der Waals surface area (Å²) in [6.07, 6.45) is -0.340. The Labute approximate surface area is 247 Å². The third-order valence-electron chi connectivity index (χ3n) is 7.75. The van der Waals surface area contributed by atoms with E-state index in [4.69, 9.17) is 8.53 Å². The summed E-state index contributed by atoms with van der Waals surface area (Å²) in [4.78, 5) is 0. The van der Waals surface area contributed by atoms with Crippen LogP contribution in [0.15, 0.2) is 126 Å². The van der Waals surface area contributed by atoms with Gasteiger partial charge in [-0.2, -0.15) is 5.26 Å². The highest BCUT2D eigenvalue weighted by Gasteiger charge is 2.23. The van der Waals surface area contributed by atoms with Gasteiger partial charge in [0.2, 0.25) is 5.69 Å². The van der Waals surface area contributed by atoms with E-state index in [9.17, 15) is 9.65 Å². The van der Waals surface area contributed by atoms with Gasteiger partial charge in [0.25, 0.3) is 0 Å². The van der Waals surface area contributed by atoms with E-state index in [1.165, 1.54) is 4.57 Å². The molecular formula is C38H26FN2O+. The van der Waals surface area contributed by atoms with E-state index in [0.29, 0.717) is 27.9 Å². The molecule has 3 nitrogen and oxygen atoms in total. The van der Waals surface area contributed by atoms with Crippen molar-refractivity contribution in [1.29, 1.82) is 5.26 Å². The highest BCUT2D eigenvalue weighted by Crippen LogP contribution is 2.42. The molecule has 4 heteroatoms. The Morgan fingerprint density at radius 2 is 1.36 bits per heavy atom. The largest absolute Gasteiger partial charge is 0.454 e. The molecule has 0 amide bonds. The second kappa shape index (κ2) is 10.1. The molecule has 0 atom stereocenters. The van der Waals surface area contributed by atoms with Crippen LogP contribution in [0.25, 0.3) is 66.6 Å². The van der Waals surface area contributed by atoms with Crippen molar-refractivity contribution in [3.05, 3.63) is 138 Å². The summed E-state index contributed by atoms with van der Waals surface area (Å²) < 4.78 is 47.6. The van der Waals surface area contributed by atoms with Crippen molar-refractivity contribution in [2.45, 2.75) is 6.92 Å². The molecule has 2 heterocycles. The molecule has 0 aliphatic carbocycles. The predicted octanol–water partition coefficient (Wildman–Crippen LogP) is 9.40. The van der Waals surface area contributed by atoms with Gasteiger partial charge in [-0.15, -0.1) is 0 Å². The molecule has 0 spiro atoms. The van der Waals surface area contributed by atoms with Crippen molar-refractivity contribution in [3.63, 3.8) is 0 Å². The average molecular weight is 549 g/mol. The molecule has 200 valence electrons. The van der Waals surface area contributed by atoms with Crippen molar-refractivity contribution in [2.75, 3.05) is 0 Å². The lowest BCUT2D eigenvalue weighted by Gasteiger charge is -2.09. The van der Waals surface area contributed by atoms with Crippen LogP contribution in [0.1, 0.15) is 15.2 Å². The normalized spacial score (nSPS) is 12.2. The van der Waals surface area contributed by atoms with Crippen LogP contribution in [-0.2, 0) is 7.05 Å². The van der Waals surface area contributed by atoms with Crippen molar-refractivity contribution >= 4 is 21.9 Å². The van der Waals surface area contributed by atoms with Gasteiger partial charge in [0.15, 0.2) is 6.17 Å². The Bertz CT molecular complexity index is 2310. The minimum atomic E-state index is -1.05. The molecule has 7 rings (SSSR count). The second-order valence-corrected chi connectivity index (χ2v) is 10.3. The molecule has 0 aliphatic rings. The van der Waals surface area contributed by atoms with Gasteiger partial charge in [-0.25, -0.2) is 8.96 Å². The Hall–Kier alpha value is -5.53. The van der Waals surface area contributed by atoms with E-state index in [2.05, 4.69) is 36.4 Å². The fourth-order valence-electron chi connectivity index (χ4n) is 5.65. The molecule has 0 fully saturated rings. The van der Waals surface area contributed by atoms with Crippen LogP contribution in [0.2, 0.25) is 0 Å². The van der Waals surface area contributed by atoms with Crippen molar-refractivity contribution in [1.82, 2.24) is 0 Å². The molecule has 0 unspecified atom stereocenters. The van der Waals surface area contributed by atoms with E-state index in [-0.39, 0.29) is 11.9 Å². The summed E-state index contributed by atoms with van der Waals surface area (Å²) in [6.45, 7) is 1.84. The Kier molecular flexibility index (Phi) is 5.36. The molecule has 0 N–H and O–H groups in total. The standard InChI is InChI=1S/C38H26FN2O/c1-24-11-17-32-33-18-16-30(23-40)36(38(33)42-37(32)35(24)34-22-31(39)19-20-41(34)2)27-14-12-26(13-15-27)29-10-6-9-28(21-29)25-7-4-3-5-8-25/h3-22H,1-2H3/q+1/i19D,20D,22D. The maximum atomic E-state index is 14.9. The predicted molar refractivity (Wildman–Crippen MR) is 166 cm³/mol. The summed E-state index contributed by atoms with van der Waals surface area (Å²) in [5, 5.41) is 11.6. The summed E-state index contributed by atoms with van der Waals surface area (Å²) in [5.74, 6) is -1.05. The minimum absolute atomic E-state index is 0.153. The van der Waals surface area contributed by atoms with Crippen molar-refractivity contribution in [2.24, 2.45) is 7.05 Å². The number of hydrogen-bond donors (Lipinski definition) is 0. The molecule has 0 bridgehead atoms. The maximum Gasteiger partial charge on any atom is 0.219 e. The topological polar surface area (TPSA) is 40.8 Å². The summed E-state index contributed by atoms with van der Waals surface area (Å²) >= 11 is 0. The van der Waals surface area contributed by atoms with Crippen LogP contribution >= 0.6 is 0 Å². The lowest BCUT2D eigenvalue weighted by molar-refractivity contribution is -0.660. The summed E-state index contributed by atoms with van der Waals surface area (Å²) in [6, 6.07) is 35.2. The van der Waals surface area contributed by atoms with Crippen LogP contribution in [0.5, 0.6) is 0 Å². The number of benzene rings is 5. The van der Waals surface area contributed by atoms with Crippen molar-refractivity contribution in [3.8, 4) is 50.7 Å². The average Bonchev–Trinajstić information content (AvgIpc) is 3.46. The van der Waals surface area contributed by atoms with Crippen LogP contribution in [0.3, 0.4) is 0 Å². The fraction of sp³-hybridized carbons (Fsp3) is 0.0526. The van der Waals surface area contributed by atoms with Gasteiger partial charge < -0.3 is 4.42 Å². The Balaban J connectivity index is 1.41. The highest BCUT2D eigenvalue weighted by molar-refractivity contribution is 6.14. The first-order valence-corrected chi connectivity index (χ1v) is 13.6. The Morgan fingerprint density at radius 3 is 2.07 bits per heavy atom. The molecule has 0 saturated carbocycles. The third-order valence-corrected chi connectivity index (χ3v) is 7.75. The molecule has 0 radical (unpaired) electrons. The quantitative estimate of drug-likeness (QED) is 0.206. The zero-order chi connectivity index (χ0) is 31.4. The maximum absolute atomic E-state index is 14.9. The molecule has 7 aromatic rings. The molecule has 0 saturated heterocycles. The van der Waals surface area contributed by atoms with E-state index in [0.717, 1.165) is 44.2 Å². The lowest BCUT2D eigenvalue weighted by atomic mass is 9.94. The first kappa shape index (κ1) is 22.2. The van der Waals surface area contributed by atoms with Gasteiger partial charge >= 0.3 is 0 Å². The number of hydrogen-bond acceptors (Lipinski definition) is 2. The SMILES string of the molecule is [2H]c1c(F)c([2H])c(-c2c(C)ccc3c2oc2c(-c4ccc(-c5cccc(-c6ccccc6)c5)cc4)c(C#N)ccc23)[n+](C)c1[2H]. The summed E-state index contributed by atoms with van der Waals surface area (Å²) in [5.41, 5.74) is 8.56. The third kappa shape index (κ3) is 4.24. The van der Waals surface area contributed by atoms with E-state index >= 15 is 0 Å². The Morgan fingerprint density at radius 1 is 0.738 bits per heavy atom. The molecule has 42 heavy (non-hydrogen) atoms. The van der Waals surface area contributed by atoms with Gasteiger partial charge in [0, 0.05) is 28.4 Å². The lowest BCUT2D eigenvalue weighted by Crippen LogP contribution is -2.30. The van der Waals surface area contributed by atoms with Gasteiger partial charge in [0.1, 0.15) is 25.4 Å². The number of fused-ring (bicyclic) bond motifs is 3. The molecule has 2 aromatic heterocycles. The fourth-order valence-corrected chi connectivity index (χ4v) is 5.65. The number of nitrogens with zero attached hydrogens (tertiary/aromatic N) is 2. The molecule has 5 aromatic carbocycles. The van der Waals surface area contributed by atoms with Crippen molar-refractivity contribution < 1.29 is 17.5 Å². The van der Waals surface area contributed by atoms with Gasteiger partial charge in [-0.1, -0.05) is 84.9 Å². The number of nitriles is 1. The number of aryl methyl sites for hydroxylation is 1. The van der Waals surface area contributed by atoms with E-state index < -0.39 is 17.9 Å². The second-order valence-electron chi connectivity index (χ2n) is 10.3. The minimum Gasteiger partial charge on any atom is -0.454 e. The number of pyridine rings is 1. The first-order valence-electron chi connectivity index (χ1n) is 15.1. The van der Waals surface area contributed by atoms with E-state index in [1.807, 2.05) is 73.7 Å². The number of furan rings is 1. The highest BCUT2D eigenvalue weighted by atomic mass is 19.1. The first-order chi connectivity index (χ1) is 21.8. The van der Waals surface area contributed by atoms with Crippen LogP contribution in [-0.4, -0.2) is 0 Å². The number of halogens is 1. The van der Waals surface area contributed by atoms with Crippen LogP contribution in [0.4, 0.5) is 4.39 Å². The van der Waals surface area contributed by atoms with Crippen LogP contribution in [0, 0.1) is 24.1 Å². The molecule has 0 aliphatic heterocycles. The monoisotopic (exact) mass is 548 g/mol. The number of rotatable bonds is 4. The number of aromatic nitrogens is 1. The summed E-state index contributed by atoms with van der Waals surface area (Å²) in [7, 11) is 1.55. The van der Waals surface area contributed by atoms with E-state index in [1.54, 1.807) is 13.1 Å². The van der Waals surface area contributed by atoms with Gasteiger partial charge in [-0.05, 0) is 58.5 Å². The zero-order valence-electron chi connectivity index (χ0n) is 26.0. The van der Waals surface area contributed by atoms with Gasteiger partial charge in [0.05, 0.1) is 19.9 Å². The zero-order valence-corrected chi connectivity index (χ0v) is 23.0. The smallest absolute Gasteiger partial charge is 0.219 e. The molecular weight excluding hydrogens is 519 g/mol. The van der Waals surface area contributed by atoms with Crippen LogP contribution < -0.4 is 4.57 Å².